The summed E-state index contributed by atoms with van der Waals surface area (Å²) in [6.07, 6.45) is 15.3. The second-order valence-electron chi connectivity index (χ2n) is 10.5. The first-order valence-corrected chi connectivity index (χ1v) is 14.0. The number of ether oxygens (including phenoxy) is 1. The maximum absolute atomic E-state index is 12.1. The van der Waals surface area contributed by atoms with Crippen molar-refractivity contribution in [2.24, 2.45) is 0 Å². The van der Waals surface area contributed by atoms with E-state index in [1.54, 1.807) is 15.1 Å². The SMILES string of the molecule is Cc1cc(Nc2ncnn3ccc(-c4cnn(CCCC(=O)/C=C/CN(C)C)c4)c23)ccc1Oc1ccn2ncnc2c1. The molecule has 218 valence electrons. The number of benzene rings is 1. The quantitative estimate of drug-likeness (QED) is 0.202. The zero-order valence-corrected chi connectivity index (χ0v) is 24.3. The number of carbonyl (C=O) groups is 1. The molecule has 0 amide bonds. The maximum Gasteiger partial charge on any atom is 0.158 e. The summed E-state index contributed by atoms with van der Waals surface area (Å²) in [5.41, 5.74) is 5.28. The molecule has 0 unspecified atom stereocenters. The third-order valence-electron chi connectivity index (χ3n) is 6.90. The topological polar surface area (TPSA) is 120 Å². The van der Waals surface area contributed by atoms with Crippen LogP contribution in [0.1, 0.15) is 18.4 Å². The Bertz CT molecular complexity index is 1920. The molecule has 12 heteroatoms. The molecule has 12 nitrogen and oxygen atoms in total. The molecule has 0 atom stereocenters. The van der Waals surface area contributed by atoms with E-state index in [2.05, 4.69) is 30.6 Å². The zero-order chi connectivity index (χ0) is 29.8. The van der Waals surface area contributed by atoms with Crippen molar-refractivity contribution in [2.45, 2.75) is 26.3 Å². The molecule has 0 aliphatic heterocycles. The third-order valence-corrected chi connectivity index (χ3v) is 6.90. The lowest BCUT2D eigenvalue weighted by Gasteiger charge is -2.12. The minimum Gasteiger partial charge on any atom is -0.457 e. The number of ketones is 1. The van der Waals surface area contributed by atoms with Gasteiger partial charge in [-0.3, -0.25) is 9.48 Å². The van der Waals surface area contributed by atoms with Crippen molar-refractivity contribution in [3.05, 3.63) is 91.6 Å². The number of hydrogen-bond donors (Lipinski definition) is 1. The summed E-state index contributed by atoms with van der Waals surface area (Å²) in [6, 6.07) is 11.6. The molecule has 43 heavy (non-hydrogen) atoms. The Kier molecular flexibility index (Phi) is 7.92. The van der Waals surface area contributed by atoms with Gasteiger partial charge in [0.05, 0.1) is 6.20 Å². The van der Waals surface area contributed by atoms with Crippen LogP contribution in [0.2, 0.25) is 0 Å². The highest BCUT2D eigenvalue weighted by atomic mass is 16.5. The zero-order valence-electron chi connectivity index (χ0n) is 24.3. The van der Waals surface area contributed by atoms with E-state index in [0.717, 1.165) is 40.2 Å². The number of aryl methyl sites for hydroxylation is 2. The average molecular weight is 577 g/mol. The normalized spacial score (nSPS) is 11.7. The standard InChI is InChI=1S/C31H32N10O2/c1-22-16-24(8-9-28(22)43-26-10-14-40-29(17-26)32-20-35-40)37-31-30-27(11-15-41(30)36-21-33-31)23-18-34-39(19-23)13-5-7-25(42)6-4-12-38(2)3/h4,6,8-11,14-21H,5,7,12-13H2,1-3H3,(H,33,36,37)/b6-4+. The van der Waals surface area contributed by atoms with E-state index in [-0.39, 0.29) is 5.78 Å². The number of carbonyl (C=O) groups excluding carboxylic acids is 1. The largest absolute Gasteiger partial charge is 0.457 e. The van der Waals surface area contributed by atoms with Crippen LogP contribution in [-0.4, -0.2) is 70.3 Å². The van der Waals surface area contributed by atoms with Crippen LogP contribution >= 0.6 is 0 Å². The van der Waals surface area contributed by atoms with Crippen molar-refractivity contribution in [3.8, 4) is 22.6 Å². The van der Waals surface area contributed by atoms with Crippen LogP contribution in [0.25, 0.3) is 22.3 Å². The fraction of sp³-hybridized carbons (Fsp3) is 0.226. The lowest BCUT2D eigenvalue weighted by Crippen LogP contribution is -2.11. The first-order valence-electron chi connectivity index (χ1n) is 14.0. The van der Waals surface area contributed by atoms with Gasteiger partial charge in [0.2, 0.25) is 0 Å². The molecule has 0 spiro atoms. The number of allylic oxidation sites excluding steroid dienone is 1. The number of anilines is 2. The van der Waals surface area contributed by atoms with Crippen molar-refractivity contribution in [3.63, 3.8) is 0 Å². The molecule has 0 saturated carbocycles. The predicted molar refractivity (Wildman–Crippen MR) is 164 cm³/mol. The first-order chi connectivity index (χ1) is 20.9. The summed E-state index contributed by atoms with van der Waals surface area (Å²) in [5.74, 6) is 2.22. The van der Waals surface area contributed by atoms with Crippen LogP contribution in [0, 0.1) is 6.92 Å². The molecular formula is C31H32N10O2. The summed E-state index contributed by atoms with van der Waals surface area (Å²) in [5, 5.41) is 16.5. The Morgan fingerprint density at radius 1 is 1.02 bits per heavy atom. The molecule has 5 heterocycles. The fourth-order valence-electron chi connectivity index (χ4n) is 4.76. The highest BCUT2D eigenvalue weighted by Crippen LogP contribution is 2.32. The highest BCUT2D eigenvalue weighted by molar-refractivity contribution is 5.90. The van der Waals surface area contributed by atoms with Crippen LogP contribution < -0.4 is 10.1 Å². The molecule has 0 aliphatic rings. The summed E-state index contributed by atoms with van der Waals surface area (Å²) >= 11 is 0. The van der Waals surface area contributed by atoms with Crippen LogP contribution in [0.3, 0.4) is 0 Å². The fourth-order valence-corrected chi connectivity index (χ4v) is 4.76. The summed E-state index contributed by atoms with van der Waals surface area (Å²) < 4.78 is 11.5. The lowest BCUT2D eigenvalue weighted by atomic mass is 10.1. The van der Waals surface area contributed by atoms with Crippen LogP contribution in [0.5, 0.6) is 11.5 Å². The third kappa shape index (κ3) is 6.44. The van der Waals surface area contributed by atoms with E-state index in [1.165, 1.54) is 12.7 Å². The van der Waals surface area contributed by atoms with Gasteiger partial charge in [0.1, 0.15) is 29.7 Å². The minimum absolute atomic E-state index is 0.128. The van der Waals surface area contributed by atoms with Crippen LogP contribution in [0.15, 0.2) is 86.0 Å². The number of likely N-dealkylation sites (N-methyl/N-ethyl adjacent to an activating group) is 1. The number of aromatic nitrogens is 8. The second kappa shape index (κ2) is 12.2. The van der Waals surface area contributed by atoms with Gasteiger partial charge in [-0.05, 0) is 69.4 Å². The van der Waals surface area contributed by atoms with Crippen LogP contribution in [0.4, 0.5) is 11.5 Å². The monoisotopic (exact) mass is 576 g/mol. The Morgan fingerprint density at radius 2 is 1.86 bits per heavy atom. The van der Waals surface area contributed by atoms with Crippen molar-refractivity contribution in [1.82, 2.24) is 43.9 Å². The lowest BCUT2D eigenvalue weighted by molar-refractivity contribution is -0.114. The molecule has 6 rings (SSSR count). The number of nitrogens with zero attached hydrogens (tertiary/aromatic N) is 9. The molecule has 1 aromatic carbocycles. The number of fused-ring (bicyclic) bond motifs is 2. The van der Waals surface area contributed by atoms with E-state index < -0.39 is 0 Å². The molecule has 0 bridgehead atoms. The van der Waals surface area contributed by atoms with Gasteiger partial charge < -0.3 is 15.0 Å². The Hall–Kier alpha value is -5.36. The van der Waals surface area contributed by atoms with Gasteiger partial charge in [0.15, 0.2) is 17.2 Å². The molecule has 5 aromatic heterocycles. The molecular weight excluding hydrogens is 544 g/mol. The van der Waals surface area contributed by atoms with Crippen molar-refractivity contribution < 1.29 is 9.53 Å². The van der Waals surface area contributed by atoms with Gasteiger partial charge >= 0.3 is 0 Å². The Labute approximate surface area is 248 Å². The van der Waals surface area contributed by atoms with Crippen molar-refractivity contribution >= 4 is 28.5 Å². The smallest absolute Gasteiger partial charge is 0.158 e. The molecule has 6 aromatic rings. The van der Waals surface area contributed by atoms with E-state index in [4.69, 9.17) is 4.74 Å². The van der Waals surface area contributed by atoms with Gasteiger partial charge in [0.25, 0.3) is 0 Å². The maximum atomic E-state index is 12.1. The van der Waals surface area contributed by atoms with E-state index in [0.29, 0.717) is 36.6 Å². The predicted octanol–water partition coefficient (Wildman–Crippen LogP) is 4.95. The average Bonchev–Trinajstić information content (AvgIpc) is 3.74. The van der Waals surface area contributed by atoms with Gasteiger partial charge in [-0.2, -0.15) is 15.3 Å². The van der Waals surface area contributed by atoms with Crippen LogP contribution in [-0.2, 0) is 11.3 Å². The Balaban J connectivity index is 1.15. The van der Waals surface area contributed by atoms with Gasteiger partial charge in [-0.15, -0.1) is 0 Å². The van der Waals surface area contributed by atoms with Crippen molar-refractivity contribution in [2.75, 3.05) is 26.0 Å². The first kappa shape index (κ1) is 27.8. The van der Waals surface area contributed by atoms with E-state index >= 15 is 0 Å². The summed E-state index contributed by atoms with van der Waals surface area (Å²) in [4.78, 5) is 22.9. The molecule has 0 fully saturated rings. The minimum atomic E-state index is 0.128. The van der Waals surface area contributed by atoms with Crippen molar-refractivity contribution in [1.29, 1.82) is 0 Å². The second-order valence-corrected chi connectivity index (χ2v) is 10.5. The number of rotatable bonds is 12. The number of nitrogens with one attached hydrogen (secondary N) is 1. The number of hydrogen-bond acceptors (Lipinski definition) is 9. The van der Waals surface area contributed by atoms with Gasteiger partial charge in [-0.25, -0.2) is 19.0 Å². The molecule has 0 saturated heterocycles. The highest BCUT2D eigenvalue weighted by Gasteiger charge is 2.15. The summed E-state index contributed by atoms with van der Waals surface area (Å²) in [6.45, 7) is 3.40. The molecule has 1 N–H and O–H groups in total. The Morgan fingerprint density at radius 3 is 2.72 bits per heavy atom. The van der Waals surface area contributed by atoms with Gasteiger partial charge in [-0.1, -0.05) is 6.08 Å². The van der Waals surface area contributed by atoms with Gasteiger partial charge in [0, 0.05) is 61.0 Å². The number of pyridine rings is 1. The van der Waals surface area contributed by atoms with E-state index in [1.807, 2.05) is 97.9 Å². The molecule has 0 aliphatic carbocycles. The molecule has 0 radical (unpaired) electrons. The summed E-state index contributed by atoms with van der Waals surface area (Å²) in [7, 11) is 3.95. The van der Waals surface area contributed by atoms with E-state index in [9.17, 15) is 4.79 Å².